The molecule has 6 heteroatoms. The summed E-state index contributed by atoms with van der Waals surface area (Å²) in [4.78, 5) is 2.49. The Bertz CT molecular complexity index is 968. The van der Waals surface area contributed by atoms with Gasteiger partial charge in [-0.3, -0.25) is 4.90 Å². The maximum atomic E-state index is 6.50. The van der Waals surface area contributed by atoms with Crippen LogP contribution in [0.3, 0.4) is 0 Å². The van der Waals surface area contributed by atoms with Gasteiger partial charge in [-0.05, 0) is 50.6 Å². The van der Waals surface area contributed by atoms with Crippen molar-refractivity contribution in [3.05, 3.63) is 65.2 Å². The molecule has 1 saturated heterocycles. The summed E-state index contributed by atoms with van der Waals surface area (Å²) >= 11 is 6.50. The van der Waals surface area contributed by atoms with Crippen LogP contribution in [0.5, 0.6) is 11.6 Å². The number of likely N-dealkylation sites (tertiary alicyclic amines) is 1. The Kier molecular flexibility index (Phi) is 7.49. The first-order valence-electron chi connectivity index (χ1n) is 11.1. The fourth-order valence-corrected chi connectivity index (χ4v) is 4.21. The predicted octanol–water partition coefficient (Wildman–Crippen LogP) is 5.67. The van der Waals surface area contributed by atoms with Crippen molar-refractivity contribution in [1.82, 2.24) is 14.7 Å². The minimum Gasteiger partial charge on any atom is -0.490 e. The van der Waals surface area contributed by atoms with Crippen molar-refractivity contribution in [2.45, 2.75) is 39.3 Å². The van der Waals surface area contributed by atoms with Gasteiger partial charge in [-0.1, -0.05) is 54.4 Å². The lowest BCUT2D eigenvalue weighted by atomic mass is 10.1. The Balaban J connectivity index is 1.37. The van der Waals surface area contributed by atoms with Crippen molar-refractivity contribution in [1.29, 1.82) is 0 Å². The molecule has 4 rings (SSSR count). The molecule has 0 aliphatic carbocycles. The minimum atomic E-state index is 0.459. The molecule has 164 valence electrons. The van der Waals surface area contributed by atoms with Crippen LogP contribution in [-0.4, -0.2) is 41.0 Å². The largest absolute Gasteiger partial charge is 0.490 e. The lowest BCUT2D eigenvalue weighted by molar-refractivity contribution is 0.220. The molecular weight excluding hydrogens is 410 g/mol. The zero-order chi connectivity index (χ0) is 21.5. The number of halogens is 1. The van der Waals surface area contributed by atoms with Gasteiger partial charge in [0.1, 0.15) is 12.4 Å². The summed E-state index contributed by atoms with van der Waals surface area (Å²) in [6.07, 6.45) is 3.92. The third-order valence-electron chi connectivity index (χ3n) is 5.52. The second-order valence-corrected chi connectivity index (χ2v) is 8.25. The number of hydrogen-bond donors (Lipinski definition) is 0. The zero-order valence-corrected chi connectivity index (χ0v) is 18.9. The molecule has 0 amide bonds. The number of hydrogen-bond acceptors (Lipinski definition) is 4. The monoisotopic (exact) mass is 439 g/mol. The minimum absolute atomic E-state index is 0.459. The molecule has 3 aromatic rings. The van der Waals surface area contributed by atoms with E-state index in [0.29, 0.717) is 30.5 Å². The van der Waals surface area contributed by atoms with Gasteiger partial charge in [-0.15, -0.1) is 0 Å². The fourth-order valence-electron chi connectivity index (χ4n) is 3.95. The van der Waals surface area contributed by atoms with Gasteiger partial charge in [0.25, 0.3) is 0 Å². The second kappa shape index (κ2) is 10.7. The maximum Gasteiger partial charge on any atom is 0.212 e. The van der Waals surface area contributed by atoms with E-state index in [0.717, 1.165) is 23.7 Å². The Labute approximate surface area is 189 Å². The van der Waals surface area contributed by atoms with Crippen molar-refractivity contribution in [2.24, 2.45) is 0 Å². The van der Waals surface area contributed by atoms with Gasteiger partial charge in [0.15, 0.2) is 0 Å². The van der Waals surface area contributed by atoms with E-state index in [1.165, 1.54) is 37.9 Å². The smallest absolute Gasteiger partial charge is 0.212 e. The summed E-state index contributed by atoms with van der Waals surface area (Å²) in [6.45, 7) is 6.90. The van der Waals surface area contributed by atoms with Crippen LogP contribution in [0.2, 0.25) is 5.02 Å². The average Bonchev–Trinajstić information content (AvgIpc) is 3.20. The van der Waals surface area contributed by atoms with Crippen LogP contribution in [-0.2, 0) is 13.1 Å². The first-order chi connectivity index (χ1) is 15.2. The van der Waals surface area contributed by atoms with Gasteiger partial charge in [0.2, 0.25) is 5.88 Å². The van der Waals surface area contributed by atoms with Gasteiger partial charge in [0.05, 0.1) is 23.9 Å². The highest BCUT2D eigenvalue weighted by Crippen LogP contribution is 2.27. The fraction of sp³-hybridized carbons (Fsp3) is 0.400. The van der Waals surface area contributed by atoms with Crippen molar-refractivity contribution in [2.75, 3.05) is 26.3 Å². The SMILES string of the molecule is CCOc1cc(-c2ccccc2)nn1CCOc1ccc(CN2CCCCC2)cc1Cl. The van der Waals surface area contributed by atoms with Gasteiger partial charge in [0, 0.05) is 18.2 Å². The summed E-state index contributed by atoms with van der Waals surface area (Å²) < 4.78 is 13.6. The molecular formula is C25H30ClN3O2. The Morgan fingerprint density at radius 1 is 0.968 bits per heavy atom. The molecule has 1 fully saturated rings. The maximum absolute atomic E-state index is 6.50. The van der Waals surface area contributed by atoms with Crippen LogP contribution >= 0.6 is 11.6 Å². The summed E-state index contributed by atoms with van der Waals surface area (Å²) in [5.41, 5.74) is 3.19. The van der Waals surface area contributed by atoms with E-state index in [4.69, 9.17) is 26.2 Å². The summed E-state index contributed by atoms with van der Waals surface area (Å²) in [5.74, 6) is 1.45. The molecule has 0 atom stereocenters. The van der Waals surface area contributed by atoms with E-state index in [2.05, 4.69) is 11.0 Å². The summed E-state index contributed by atoms with van der Waals surface area (Å²) in [7, 11) is 0. The highest BCUT2D eigenvalue weighted by molar-refractivity contribution is 6.32. The lowest BCUT2D eigenvalue weighted by Gasteiger charge is -2.26. The number of nitrogens with zero attached hydrogens (tertiary/aromatic N) is 3. The normalized spacial score (nSPS) is 14.5. The van der Waals surface area contributed by atoms with Crippen LogP contribution in [0.4, 0.5) is 0 Å². The summed E-state index contributed by atoms with van der Waals surface area (Å²) in [6, 6.07) is 18.2. The Morgan fingerprint density at radius 3 is 2.52 bits per heavy atom. The van der Waals surface area contributed by atoms with Crippen LogP contribution in [0, 0.1) is 0 Å². The van der Waals surface area contributed by atoms with Crippen molar-refractivity contribution in [3.63, 3.8) is 0 Å². The van der Waals surface area contributed by atoms with Crippen molar-refractivity contribution >= 4 is 11.6 Å². The standard InChI is InChI=1S/C25H30ClN3O2/c1-2-30-25-18-23(21-9-5-3-6-10-21)27-29(25)15-16-31-24-12-11-20(17-22(24)26)19-28-13-7-4-8-14-28/h3,5-6,9-12,17-18H,2,4,7-8,13-16,19H2,1H3. The van der Waals surface area contributed by atoms with Crippen LogP contribution < -0.4 is 9.47 Å². The topological polar surface area (TPSA) is 39.5 Å². The van der Waals surface area contributed by atoms with Crippen LogP contribution in [0.15, 0.2) is 54.6 Å². The van der Waals surface area contributed by atoms with E-state index < -0.39 is 0 Å². The van der Waals surface area contributed by atoms with Crippen LogP contribution in [0.1, 0.15) is 31.7 Å². The predicted molar refractivity (Wildman–Crippen MR) is 125 cm³/mol. The first kappa shape index (κ1) is 21.7. The van der Waals surface area contributed by atoms with E-state index >= 15 is 0 Å². The van der Waals surface area contributed by atoms with E-state index in [9.17, 15) is 0 Å². The Morgan fingerprint density at radius 2 is 1.77 bits per heavy atom. The van der Waals surface area contributed by atoms with Crippen molar-refractivity contribution < 1.29 is 9.47 Å². The second-order valence-electron chi connectivity index (χ2n) is 7.84. The molecule has 1 aliphatic rings. The molecule has 0 radical (unpaired) electrons. The molecule has 1 aliphatic heterocycles. The van der Waals surface area contributed by atoms with E-state index in [-0.39, 0.29) is 0 Å². The van der Waals surface area contributed by atoms with Gasteiger partial charge in [-0.2, -0.15) is 5.10 Å². The lowest BCUT2D eigenvalue weighted by Crippen LogP contribution is -2.29. The zero-order valence-electron chi connectivity index (χ0n) is 18.1. The quantitative estimate of drug-likeness (QED) is 0.430. The van der Waals surface area contributed by atoms with Crippen molar-refractivity contribution in [3.8, 4) is 22.9 Å². The number of benzene rings is 2. The van der Waals surface area contributed by atoms with E-state index in [1.54, 1.807) is 0 Å². The van der Waals surface area contributed by atoms with Gasteiger partial charge < -0.3 is 9.47 Å². The molecule has 1 aromatic heterocycles. The molecule has 2 heterocycles. The molecule has 0 unspecified atom stereocenters. The molecule has 2 aromatic carbocycles. The van der Waals surface area contributed by atoms with E-state index in [1.807, 2.05) is 60.1 Å². The summed E-state index contributed by atoms with van der Waals surface area (Å²) in [5, 5.41) is 5.36. The first-order valence-corrected chi connectivity index (χ1v) is 11.5. The number of ether oxygens (including phenoxy) is 2. The number of aromatic nitrogens is 2. The Hall–Kier alpha value is -2.50. The molecule has 0 bridgehead atoms. The highest BCUT2D eigenvalue weighted by atomic mass is 35.5. The third kappa shape index (κ3) is 5.81. The average molecular weight is 440 g/mol. The molecule has 0 N–H and O–H groups in total. The number of piperidine rings is 1. The van der Waals surface area contributed by atoms with Gasteiger partial charge >= 0.3 is 0 Å². The molecule has 5 nitrogen and oxygen atoms in total. The number of rotatable bonds is 9. The van der Waals surface area contributed by atoms with Crippen LogP contribution in [0.25, 0.3) is 11.3 Å². The molecule has 0 saturated carbocycles. The molecule has 0 spiro atoms. The third-order valence-corrected chi connectivity index (χ3v) is 5.81. The molecule has 31 heavy (non-hydrogen) atoms. The highest BCUT2D eigenvalue weighted by Gasteiger charge is 2.13. The van der Waals surface area contributed by atoms with Gasteiger partial charge in [-0.25, -0.2) is 4.68 Å².